The first-order valence-corrected chi connectivity index (χ1v) is 10.2. The largest absolute Gasteiger partial charge is 0.478 e. The molecular formula is C24H18BrNO3. The molecule has 0 amide bonds. The zero-order valence-electron chi connectivity index (χ0n) is 15.6. The van der Waals surface area contributed by atoms with Gasteiger partial charge in [-0.15, -0.1) is 0 Å². The first-order chi connectivity index (χ1) is 14.2. The third-order valence-electron chi connectivity index (χ3n) is 5.19. The molecular weight excluding hydrogens is 430 g/mol. The zero-order chi connectivity index (χ0) is 19.8. The highest BCUT2D eigenvalue weighted by molar-refractivity contribution is 9.10. The monoisotopic (exact) mass is 447 g/mol. The van der Waals surface area contributed by atoms with Crippen molar-refractivity contribution in [3.8, 4) is 16.9 Å². The Morgan fingerprint density at radius 3 is 2.55 bits per heavy atom. The minimum atomic E-state index is -0.0310. The Kier molecular flexibility index (Phi) is 4.70. The molecule has 2 heterocycles. The van der Waals surface area contributed by atoms with Crippen molar-refractivity contribution in [2.24, 2.45) is 0 Å². The Bertz CT molecular complexity index is 1230. The maximum Gasteiger partial charge on any atom is 0.200 e. The van der Waals surface area contributed by atoms with E-state index >= 15 is 0 Å². The van der Waals surface area contributed by atoms with Crippen LogP contribution in [-0.4, -0.2) is 11.6 Å². The molecule has 0 saturated carbocycles. The average Bonchev–Trinajstić information content (AvgIpc) is 2.75. The minimum Gasteiger partial charge on any atom is -0.478 e. The van der Waals surface area contributed by atoms with E-state index in [1.807, 2.05) is 48.5 Å². The van der Waals surface area contributed by atoms with Crippen LogP contribution in [-0.2, 0) is 13.1 Å². The smallest absolute Gasteiger partial charge is 0.200 e. The van der Waals surface area contributed by atoms with E-state index in [0.717, 1.165) is 27.9 Å². The van der Waals surface area contributed by atoms with Crippen LogP contribution in [0.15, 0.2) is 86.7 Å². The van der Waals surface area contributed by atoms with E-state index in [9.17, 15) is 4.79 Å². The second-order valence-electron chi connectivity index (χ2n) is 7.15. The van der Waals surface area contributed by atoms with Gasteiger partial charge in [0.1, 0.15) is 24.3 Å². The summed E-state index contributed by atoms with van der Waals surface area (Å²) in [6.07, 6.45) is 1.56. The molecule has 0 aliphatic carbocycles. The Morgan fingerprint density at radius 1 is 0.966 bits per heavy atom. The van der Waals surface area contributed by atoms with E-state index in [4.69, 9.17) is 9.15 Å². The maximum absolute atomic E-state index is 13.1. The third kappa shape index (κ3) is 3.48. The molecule has 0 spiro atoms. The van der Waals surface area contributed by atoms with Gasteiger partial charge in [0.05, 0.1) is 16.5 Å². The summed E-state index contributed by atoms with van der Waals surface area (Å²) in [6, 6.07) is 21.6. The number of hydrogen-bond donors (Lipinski definition) is 0. The molecule has 0 saturated heterocycles. The minimum absolute atomic E-state index is 0.0310. The quantitative estimate of drug-likeness (QED) is 0.411. The number of halogens is 1. The number of fused-ring (bicyclic) bond motifs is 3. The topological polar surface area (TPSA) is 42.7 Å². The summed E-state index contributed by atoms with van der Waals surface area (Å²) in [6.45, 7) is 1.95. The van der Waals surface area contributed by atoms with Crippen molar-refractivity contribution in [1.82, 2.24) is 4.90 Å². The summed E-state index contributed by atoms with van der Waals surface area (Å²) >= 11 is 3.43. The lowest BCUT2D eigenvalue weighted by Crippen LogP contribution is -2.31. The number of hydrogen-bond acceptors (Lipinski definition) is 4. The van der Waals surface area contributed by atoms with Crippen LogP contribution in [0.5, 0.6) is 5.75 Å². The number of nitrogens with zero attached hydrogens (tertiary/aromatic N) is 1. The highest BCUT2D eigenvalue weighted by atomic mass is 79.9. The fourth-order valence-electron chi connectivity index (χ4n) is 3.73. The van der Waals surface area contributed by atoms with Crippen LogP contribution in [0.3, 0.4) is 0 Å². The molecule has 5 rings (SSSR count). The Hall–Kier alpha value is -2.89. The molecule has 0 N–H and O–H groups in total. The summed E-state index contributed by atoms with van der Waals surface area (Å²) in [4.78, 5) is 15.3. The fourth-order valence-corrected chi connectivity index (χ4v) is 3.99. The summed E-state index contributed by atoms with van der Waals surface area (Å²) in [5, 5.41) is 0.578. The SMILES string of the molecule is O=c1c(-c2ccc(Br)cc2)coc2c3c(ccc12)OCN(Cc1ccccc1)C3. The predicted molar refractivity (Wildman–Crippen MR) is 117 cm³/mol. The van der Waals surface area contributed by atoms with Gasteiger partial charge < -0.3 is 9.15 Å². The molecule has 0 bridgehead atoms. The van der Waals surface area contributed by atoms with Crippen molar-refractivity contribution in [1.29, 1.82) is 0 Å². The molecule has 1 aromatic heterocycles. The van der Waals surface area contributed by atoms with Gasteiger partial charge in [-0.1, -0.05) is 58.4 Å². The van der Waals surface area contributed by atoms with E-state index in [1.165, 1.54) is 5.56 Å². The molecule has 0 unspecified atom stereocenters. The zero-order valence-corrected chi connectivity index (χ0v) is 17.2. The first-order valence-electron chi connectivity index (χ1n) is 9.41. The van der Waals surface area contributed by atoms with E-state index in [-0.39, 0.29) is 5.43 Å². The van der Waals surface area contributed by atoms with Gasteiger partial charge >= 0.3 is 0 Å². The second kappa shape index (κ2) is 7.50. The van der Waals surface area contributed by atoms with Crippen molar-refractivity contribution >= 4 is 26.9 Å². The number of benzene rings is 3. The normalized spacial score (nSPS) is 13.8. The predicted octanol–water partition coefficient (Wildman–Crippen LogP) is 5.57. The van der Waals surface area contributed by atoms with Crippen LogP contribution < -0.4 is 10.2 Å². The van der Waals surface area contributed by atoms with Gasteiger partial charge in [-0.25, -0.2) is 0 Å². The lowest BCUT2D eigenvalue weighted by atomic mass is 10.0. The van der Waals surface area contributed by atoms with Gasteiger partial charge in [0.2, 0.25) is 5.43 Å². The van der Waals surface area contributed by atoms with Gasteiger partial charge in [-0.2, -0.15) is 0 Å². The number of rotatable bonds is 3. The summed E-state index contributed by atoms with van der Waals surface area (Å²) in [5.74, 6) is 0.779. The van der Waals surface area contributed by atoms with Gasteiger partial charge in [-0.05, 0) is 35.4 Å². The van der Waals surface area contributed by atoms with Crippen molar-refractivity contribution in [2.45, 2.75) is 13.1 Å². The molecule has 1 aliphatic heterocycles. The lowest BCUT2D eigenvalue weighted by Gasteiger charge is -2.29. The third-order valence-corrected chi connectivity index (χ3v) is 5.72. The molecule has 1 aliphatic rings. The van der Waals surface area contributed by atoms with E-state index < -0.39 is 0 Å². The molecule has 0 atom stereocenters. The van der Waals surface area contributed by atoms with Crippen molar-refractivity contribution in [3.05, 3.63) is 98.8 Å². The van der Waals surface area contributed by atoms with Crippen LogP contribution >= 0.6 is 15.9 Å². The molecule has 3 aromatic carbocycles. The summed E-state index contributed by atoms with van der Waals surface area (Å²) < 4.78 is 12.9. The number of ether oxygens (including phenoxy) is 1. The van der Waals surface area contributed by atoms with Crippen LogP contribution in [0.4, 0.5) is 0 Å². The van der Waals surface area contributed by atoms with Gasteiger partial charge in [-0.3, -0.25) is 9.69 Å². The molecule has 0 radical (unpaired) electrons. The standard InChI is InChI=1S/C24H18BrNO3/c25-18-8-6-17(7-9-18)21-14-28-24-19(23(21)27)10-11-22-20(24)13-26(15-29-22)12-16-4-2-1-3-5-16/h1-11,14H,12-13,15H2. The van der Waals surface area contributed by atoms with Crippen LogP contribution in [0, 0.1) is 0 Å². The Morgan fingerprint density at radius 2 is 1.76 bits per heavy atom. The molecule has 29 heavy (non-hydrogen) atoms. The summed E-state index contributed by atoms with van der Waals surface area (Å²) in [7, 11) is 0. The Labute approximate surface area is 176 Å². The molecule has 144 valence electrons. The van der Waals surface area contributed by atoms with Crippen molar-refractivity contribution in [3.63, 3.8) is 0 Å². The highest BCUT2D eigenvalue weighted by Crippen LogP contribution is 2.33. The summed E-state index contributed by atoms with van der Waals surface area (Å²) in [5.41, 5.74) is 4.11. The van der Waals surface area contributed by atoms with Gasteiger partial charge in [0.15, 0.2) is 0 Å². The van der Waals surface area contributed by atoms with Crippen LogP contribution in [0.1, 0.15) is 11.1 Å². The van der Waals surface area contributed by atoms with Crippen LogP contribution in [0.25, 0.3) is 22.1 Å². The highest BCUT2D eigenvalue weighted by Gasteiger charge is 2.22. The van der Waals surface area contributed by atoms with Crippen molar-refractivity contribution in [2.75, 3.05) is 6.73 Å². The lowest BCUT2D eigenvalue weighted by molar-refractivity contribution is 0.0890. The van der Waals surface area contributed by atoms with E-state index in [2.05, 4.69) is 33.0 Å². The molecule has 5 heteroatoms. The first kappa shape index (κ1) is 18.2. The molecule has 4 aromatic rings. The fraction of sp³-hybridized carbons (Fsp3) is 0.125. The van der Waals surface area contributed by atoms with E-state index in [1.54, 1.807) is 12.3 Å². The van der Waals surface area contributed by atoms with E-state index in [0.29, 0.717) is 29.8 Å². The molecule has 4 nitrogen and oxygen atoms in total. The van der Waals surface area contributed by atoms with Gasteiger partial charge in [0, 0.05) is 17.6 Å². The average molecular weight is 448 g/mol. The second-order valence-corrected chi connectivity index (χ2v) is 8.07. The Balaban J connectivity index is 1.53. The van der Waals surface area contributed by atoms with Gasteiger partial charge in [0.25, 0.3) is 0 Å². The van der Waals surface area contributed by atoms with Crippen molar-refractivity contribution < 1.29 is 9.15 Å². The maximum atomic E-state index is 13.1. The molecule has 0 fully saturated rings. The van der Waals surface area contributed by atoms with Crippen LogP contribution in [0.2, 0.25) is 0 Å².